The summed E-state index contributed by atoms with van der Waals surface area (Å²) >= 11 is 0. The van der Waals surface area contributed by atoms with Crippen molar-refractivity contribution in [1.82, 2.24) is 14.6 Å². The number of hydrogen-bond acceptors (Lipinski definition) is 5. The second-order valence-electron chi connectivity index (χ2n) is 9.03. The number of benzene rings is 1. The first-order valence-electron chi connectivity index (χ1n) is 11.7. The zero-order chi connectivity index (χ0) is 22.9. The highest BCUT2D eigenvalue weighted by molar-refractivity contribution is 7.95. The van der Waals surface area contributed by atoms with Crippen molar-refractivity contribution in [1.29, 1.82) is 0 Å². The number of sulfonamides is 1. The molecule has 2 unspecified atom stereocenters. The molecule has 1 aromatic carbocycles. The minimum Gasteiger partial charge on any atom is -0.593 e. The average Bonchev–Trinajstić information content (AvgIpc) is 3.10. The Morgan fingerprint density at radius 2 is 1.88 bits per heavy atom. The second kappa shape index (κ2) is 8.96. The molecule has 2 saturated heterocycles. The third-order valence-corrected chi connectivity index (χ3v) is 8.76. The van der Waals surface area contributed by atoms with Gasteiger partial charge in [0.05, 0.1) is 24.5 Å². The van der Waals surface area contributed by atoms with Crippen LogP contribution in [0, 0.1) is 0 Å². The molecule has 1 aliphatic carbocycles. The van der Waals surface area contributed by atoms with Gasteiger partial charge in [-0.3, -0.25) is 20.2 Å². The van der Waals surface area contributed by atoms with Crippen LogP contribution in [0.5, 0.6) is 0 Å². The maximum Gasteiger partial charge on any atom is 0.328 e. The number of amidine groups is 1. The normalized spacial score (nSPS) is 27.6. The summed E-state index contributed by atoms with van der Waals surface area (Å²) in [6.07, 6.45) is 10.0. The maximum atomic E-state index is 13.5. The highest BCUT2D eigenvalue weighted by Crippen LogP contribution is 2.39. The number of rotatable bonds is 4. The molecule has 1 saturated carbocycles. The lowest BCUT2D eigenvalue weighted by Gasteiger charge is -2.44. The molecular weight excluding hydrogens is 438 g/mol. The number of pyridine rings is 1. The number of amides is 2. The summed E-state index contributed by atoms with van der Waals surface area (Å²) in [6.45, 7) is 0.564. The number of carbonyl (C=O) groups excluding carboxylic acids is 1. The molecule has 5 rings (SSSR count). The van der Waals surface area contributed by atoms with Gasteiger partial charge in [0.15, 0.2) is 15.3 Å². The van der Waals surface area contributed by atoms with E-state index in [0.717, 1.165) is 25.7 Å². The van der Waals surface area contributed by atoms with E-state index in [0.29, 0.717) is 30.9 Å². The van der Waals surface area contributed by atoms with Crippen LogP contribution in [0.15, 0.2) is 64.7 Å². The summed E-state index contributed by atoms with van der Waals surface area (Å²) in [5, 5.41) is 3.01. The van der Waals surface area contributed by atoms with Gasteiger partial charge in [-0.05, 0) is 49.9 Å². The molecule has 1 aromatic heterocycles. The van der Waals surface area contributed by atoms with Gasteiger partial charge in [-0.1, -0.05) is 41.7 Å². The summed E-state index contributed by atoms with van der Waals surface area (Å²) in [7, 11) is -3.71. The van der Waals surface area contributed by atoms with E-state index >= 15 is 0 Å². The van der Waals surface area contributed by atoms with Crippen molar-refractivity contribution in [2.75, 3.05) is 18.0 Å². The molecule has 1 spiro atoms. The highest BCUT2D eigenvalue weighted by Gasteiger charge is 2.56. The lowest BCUT2D eigenvalue weighted by Crippen LogP contribution is -2.62. The van der Waals surface area contributed by atoms with Gasteiger partial charge in [0.1, 0.15) is 11.4 Å². The SMILES string of the molecule is O=C1NC(=NC2CCCCC2)C2(CCCN([S+](=O)([O-])c3ccccc3)C2)N1c1cccnc1. The van der Waals surface area contributed by atoms with Gasteiger partial charge in [-0.25, -0.2) is 4.79 Å². The van der Waals surface area contributed by atoms with Crippen molar-refractivity contribution in [3.8, 4) is 0 Å². The van der Waals surface area contributed by atoms with Crippen molar-refractivity contribution in [2.45, 2.75) is 61.4 Å². The van der Waals surface area contributed by atoms with E-state index in [4.69, 9.17) is 4.99 Å². The number of anilines is 1. The molecule has 33 heavy (non-hydrogen) atoms. The van der Waals surface area contributed by atoms with E-state index in [9.17, 15) is 13.6 Å². The number of aliphatic imine (C=N–C) groups is 1. The molecule has 2 aromatic rings. The van der Waals surface area contributed by atoms with Crippen LogP contribution in [0.25, 0.3) is 0 Å². The molecule has 2 aliphatic heterocycles. The van der Waals surface area contributed by atoms with Crippen molar-refractivity contribution in [3.05, 3.63) is 54.9 Å². The first kappa shape index (κ1) is 22.2. The Morgan fingerprint density at radius 1 is 1.09 bits per heavy atom. The first-order valence-corrected chi connectivity index (χ1v) is 13.1. The van der Waals surface area contributed by atoms with Crippen LogP contribution in [0.1, 0.15) is 44.9 Å². The second-order valence-corrected chi connectivity index (χ2v) is 11.0. The Hall–Kier alpha value is -2.62. The van der Waals surface area contributed by atoms with Gasteiger partial charge in [0.25, 0.3) is 0 Å². The number of urea groups is 1. The zero-order valence-electron chi connectivity index (χ0n) is 18.6. The van der Waals surface area contributed by atoms with Gasteiger partial charge in [-0.15, -0.1) is 4.31 Å². The molecule has 9 heteroatoms. The Kier molecular flexibility index (Phi) is 6.03. The Morgan fingerprint density at radius 3 is 2.61 bits per heavy atom. The van der Waals surface area contributed by atoms with Gasteiger partial charge >= 0.3 is 6.03 Å². The number of piperidine rings is 1. The molecule has 0 radical (unpaired) electrons. The number of nitrogens with zero attached hydrogens (tertiary/aromatic N) is 4. The standard InChI is InChI=1S/C24H29N5O3S/c30-23-27-22(26-19-9-3-1-4-10-19)24(29(23)20-11-7-15-25-17-20)14-8-16-28(18-24)33(31,32)21-12-5-2-6-13-21/h2,5-7,11-13,15,17,19H,1,3-4,8-10,14,16,18H2,(H-,26,27,30,31,32). The van der Waals surface area contributed by atoms with Gasteiger partial charge in [0, 0.05) is 12.7 Å². The van der Waals surface area contributed by atoms with E-state index < -0.39 is 15.9 Å². The van der Waals surface area contributed by atoms with E-state index in [1.807, 2.05) is 6.07 Å². The highest BCUT2D eigenvalue weighted by atomic mass is 32.3. The maximum absolute atomic E-state index is 13.5. The molecule has 0 bridgehead atoms. The lowest BCUT2D eigenvalue weighted by molar-refractivity contribution is 0.236. The van der Waals surface area contributed by atoms with Crippen molar-refractivity contribution in [2.24, 2.45) is 4.99 Å². The summed E-state index contributed by atoms with van der Waals surface area (Å²) in [5.74, 6) is 0.594. The van der Waals surface area contributed by atoms with Crippen LogP contribution in [0.2, 0.25) is 0 Å². The number of nitrogens with one attached hydrogen (secondary N) is 1. The van der Waals surface area contributed by atoms with E-state index in [-0.39, 0.29) is 23.5 Å². The number of aromatic nitrogens is 1. The first-order chi connectivity index (χ1) is 16.0. The van der Waals surface area contributed by atoms with Crippen molar-refractivity contribution < 1.29 is 13.6 Å². The fourth-order valence-corrected chi connectivity index (χ4v) is 6.84. The van der Waals surface area contributed by atoms with Crippen LogP contribution < -0.4 is 10.2 Å². The fourth-order valence-electron chi connectivity index (χ4n) is 5.29. The fraction of sp³-hybridized carbons (Fsp3) is 0.458. The van der Waals surface area contributed by atoms with Crippen LogP contribution in [-0.4, -0.2) is 50.4 Å². The van der Waals surface area contributed by atoms with Crippen LogP contribution in [0.4, 0.5) is 10.5 Å². The molecule has 3 fully saturated rings. The summed E-state index contributed by atoms with van der Waals surface area (Å²) < 4.78 is 28.5. The third-order valence-electron chi connectivity index (χ3n) is 6.90. The summed E-state index contributed by atoms with van der Waals surface area (Å²) in [6, 6.07) is 12.0. The predicted molar refractivity (Wildman–Crippen MR) is 127 cm³/mol. The van der Waals surface area contributed by atoms with Crippen molar-refractivity contribution >= 4 is 28.0 Å². The zero-order valence-corrected chi connectivity index (χ0v) is 19.4. The Bertz CT molecular complexity index is 1070. The molecule has 1 N–H and O–H groups in total. The minimum absolute atomic E-state index is 0.154. The molecule has 3 aliphatic rings. The van der Waals surface area contributed by atoms with E-state index in [2.05, 4.69) is 10.3 Å². The van der Waals surface area contributed by atoms with Crippen LogP contribution >= 0.6 is 0 Å². The van der Waals surface area contributed by atoms with Crippen LogP contribution in [-0.2, 0) is 14.6 Å². The molecule has 3 heterocycles. The quantitative estimate of drug-likeness (QED) is 0.692. The number of carbonyl (C=O) groups is 1. The molecular formula is C24H29N5O3S. The van der Waals surface area contributed by atoms with E-state index in [1.165, 1.54) is 10.7 Å². The smallest absolute Gasteiger partial charge is 0.328 e. The predicted octanol–water partition coefficient (Wildman–Crippen LogP) is 3.78. The molecule has 2 atom stereocenters. The molecule has 174 valence electrons. The monoisotopic (exact) mass is 467 g/mol. The average molecular weight is 468 g/mol. The van der Waals surface area contributed by atoms with Gasteiger partial charge in [-0.2, -0.15) is 0 Å². The topological polar surface area (TPSA) is 101 Å². The van der Waals surface area contributed by atoms with Crippen molar-refractivity contribution in [3.63, 3.8) is 0 Å². The molecule has 2 amide bonds. The lowest BCUT2D eigenvalue weighted by atomic mass is 9.87. The summed E-state index contributed by atoms with van der Waals surface area (Å²) in [5.41, 5.74) is -0.236. The minimum atomic E-state index is -3.71. The van der Waals surface area contributed by atoms with Gasteiger partial charge < -0.3 is 4.55 Å². The van der Waals surface area contributed by atoms with E-state index in [1.54, 1.807) is 53.7 Å². The Balaban J connectivity index is 1.56. The summed E-state index contributed by atoms with van der Waals surface area (Å²) in [4.78, 5) is 24.4. The molecule has 8 nitrogen and oxygen atoms in total. The van der Waals surface area contributed by atoms with Crippen LogP contribution in [0.3, 0.4) is 0 Å². The number of hydrogen-bond donors (Lipinski definition) is 1. The third kappa shape index (κ3) is 4.09. The Labute approximate surface area is 195 Å². The largest absolute Gasteiger partial charge is 0.593 e. The van der Waals surface area contributed by atoms with Gasteiger partial charge in [0.2, 0.25) is 0 Å².